The lowest BCUT2D eigenvalue weighted by Gasteiger charge is -2.34. The predicted octanol–water partition coefficient (Wildman–Crippen LogP) is 1.70. The van der Waals surface area contributed by atoms with E-state index in [9.17, 15) is 4.39 Å². The maximum Gasteiger partial charge on any atom is 0.191 e. The molecule has 170 valence electrons. The van der Waals surface area contributed by atoms with Crippen molar-refractivity contribution < 1.29 is 13.9 Å². The van der Waals surface area contributed by atoms with E-state index in [2.05, 4.69) is 27.4 Å². The molecule has 9 heteroatoms. The zero-order valence-electron chi connectivity index (χ0n) is 17.8. The minimum absolute atomic E-state index is 0. The van der Waals surface area contributed by atoms with Crippen molar-refractivity contribution in [1.29, 1.82) is 0 Å². The average molecular weight is 535 g/mol. The van der Waals surface area contributed by atoms with Gasteiger partial charge in [0.25, 0.3) is 0 Å². The number of ether oxygens (including phenoxy) is 2. The van der Waals surface area contributed by atoms with Crippen molar-refractivity contribution in [2.75, 3.05) is 78.8 Å². The molecule has 0 aliphatic carbocycles. The normalized spacial score (nSPS) is 19.7. The van der Waals surface area contributed by atoms with Crippen molar-refractivity contribution in [2.45, 2.75) is 13.0 Å². The monoisotopic (exact) mass is 535 g/mol. The second kappa shape index (κ2) is 14.1. The van der Waals surface area contributed by atoms with Crippen LogP contribution in [0.1, 0.15) is 18.5 Å². The van der Waals surface area contributed by atoms with E-state index in [1.54, 1.807) is 12.1 Å². The van der Waals surface area contributed by atoms with E-state index in [-0.39, 0.29) is 35.8 Å². The highest BCUT2D eigenvalue weighted by Gasteiger charge is 2.23. The first-order valence-corrected chi connectivity index (χ1v) is 10.7. The summed E-state index contributed by atoms with van der Waals surface area (Å²) in [6.07, 6.45) is 0. The minimum Gasteiger partial charge on any atom is -0.379 e. The lowest BCUT2D eigenvalue weighted by molar-refractivity contribution is 0.0179. The van der Waals surface area contributed by atoms with E-state index >= 15 is 0 Å². The molecular formula is C21H35FIN5O2. The summed E-state index contributed by atoms with van der Waals surface area (Å²) in [5.41, 5.74) is 0.958. The fourth-order valence-corrected chi connectivity index (χ4v) is 3.71. The van der Waals surface area contributed by atoms with Gasteiger partial charge in [-0.2, -0.15) is 0 Å². The van der Waals surface area contributed by atoms with Crippen molar-refractivity contribution in [2.24, 2.45) is 4.99 Å². The van der Waals surface area contributed by atoms with E-state index in [4.69, 9.17) is 14.5 Å². The molecule has 0 aromatic heterocycles. The Hall–Kier alpha value is -1.01. The summed E-state index contributed by atoms with van der Waals surface area (Å²) in [6.45, 7) is 11.9. The number of hydrogen-bond acceptors (Lipinski definition) is 5. The molecule has 0 amide bonds. The fraction of sp³-hybridized carbons (Fsp3) is 0.667. The zero-order valence-corrected chi connectivity index (χ0v) is 20.1. The van der Waals surface area contributed by atoms with Crippen LogP contribution in [-0.4, -0.2) is 94.5 Å². The van der Waals surface area contributed by atoms with Crippen LogP contribution in [0.5, 0.6) is 0 Å². The van der Waals surface area contributed by atoms with Gasteiger partial charge in [0.05, 0.1) is 39.0 Å². The zero-order chi connectivity index (χ0) is 20.3. The van der Waals surface area contributed by atoms with Crippen LogP contribution in [0.4, 0.5) is 4.39 Å². The second-order valence-corrected chi connectivity index (χ2v) is 7.32. The van der Waals surface area contributed by atoms with Gasteiger partial charge >= 0.3 is 0 Å². The molecule has 30 heavy (non-hydrogen) atoms. The summed E-state index contributed by atoms with van der Waals surface area (Å²) in [5, 5.41) is 6.75. The molecule has 3 rings (SSSR count). The number of hydrogen-bond donors (Lipinski definition) is 2. The third-order valence-corrected chi connectivity index (χ3v) is 5.31. The van der Waals surface area contributed by atoms with Crippen molar-refractivity contribution in [1.82, 2.24) is 20.4 Å². The molecule has 2 heterocycles. The van der Waals surface area contributed by atoms with Crippen LogP contribution in [0.25, 0.3) is 0 Å². The van der Waals surface area contributed by atoms with Gasteiger partial charge in [-0.25, -0.2) is 4.39 Å². The van der Waals surface area contributed by atoms with Gasteiger partial charge in [0.15, 0.2) is 5.96 Å². The summed E-state index contributed by atoms with van der Waals surface area (Å²) in [7, 11) is 0. The van der Waals surface area contributed by atoms with Gasteiger partial charge in [0.1, 0.15) is 5.82 Å². The Bertz CT molecular complexity index is 640. The number of rotatable bonds is 8. The van der Waals surface area contributed by atoms with Gasteiger partial charge in [-0.1, -0.05) is 12.1 Å². The van der Waals surface area contributed by atoms with Crippen LogP contribution in [0, 0.1) is 5.82 Å². The fourth-order valence-electron chi connectivity index (χ4n) is 3.71. The minimum atomic E-state index is -0.208. The van der Waals surface area contributed by atoms with Gasteiger partial charge in [0.2, 0.25) is 0 Å². The van der Waals surface area contributed by atoms with E-state index in [1.807, 2.05) is 6.07 Å². The molecule has 1 aromatic carbocycles. The summed E-state index contributed by atoms with van der Waals surface area (Å²) >= 11 is 0. The Kier molecular flexibility index (Phi) is 11.9. The molecule has 1 aromatic rings. The highest BCUT2D eigenvalue weighted by atomic mass is 127. The van der Waals surface area contributed by atoms with Crippen molar-refractivity contribution in [3.63, 3.8) is 0 Å². The van der Waals surface area contributed by atoms with Crippen LogP contribution in [0.3, 0.4) is 0 Å². The number of benzene rings is 1. The lowest BCUT2D eigenvalue weighted by atomic mass is 10.0. The molecule has 2 aliphatic heterocycles. The maximum absolute atomic E-state index is 13.8. The summed E-state index contributed by atoms with van der Waals surface area (Å²) in [6, 6.07) is 6.89. The standard InChI is InChI=1S/C21H34FN5O2.HI/c1-2-23-21(24-6-7-26-8-12-28-13-9-26)25-17-20(27-10-14-29-15-11-27)18-4-3-5-19(22)16-18;/h3-5,16,20H,2,6-15,17H2,1H3,(H2,23,24,25);1H. The Morgan fingerprint density at radius 2 is 1.80 bits per heavy atom. The molecule has 0 bridgehead atoms. The molecule has 2 fully saturated rings. The number of morpholine rings is 2. The highest BCUT2D eigenvalue weighted by Crippen LogP contribution is 2.23. The van der Waals surface area contributed by atoms with Gasteiger partial charge < -0.3 is 20.1 Å². The van der Waals surface area contributed by atoms with Crippen molar-refractivity contribution in [3.8, 4) is 0 Å². The molecule has 2 aliphatic rings. The third-order valence-electron chi connectivity index (χ3n) is 5.31. The molecular weight excluding hydrogens is 500 g/mol. The molecule has 0 saturated carbocycles. The molecule has 0 radical (unpaired) electrons. The van der Waals surface area contributed by atoms with Crippen LogP contribution in [0.15, 0.2) is 29.3 Å². The van der Waals surface area contributed by atoms with Crippen LogP contribution >= 0.6 is 24.0 Å². The third kappa shape index (κ3) is 8.26. The predicted molar refractivity (Wildman–Crippen MR) is 128 cm³/mol. The van der Waals surface area contributed by atoms with Crippen LogP contribution in [0.2, 0.25) is 0 Å². The van der Waals surface area contributed by atoms with Gasteiger partial charge in [-0.05, 0) is 24.6 Å². The summed E-state index contributed by atoms with van der Waals surface area (Å²) < 4.78 is 24.7. The van der Waals surface area contributed by atoms with Crippen LogP contribution in [-0.2, 0) is 9.47 Å². The number of guanidine groups is 1. The molecule has 0 spiro atoms. The lowest BCUT2D eigenvalue weighted by Crippen LogP contribution is -2.45. The quantitative estimate of drug-likeness (QED) is 0.301. The maximum atomic E-state index is 13.8. The first-order chi connectivity index (χ1) is 14.3. The average Bonchev–Trinajstić information content (AvgIpc) is 2.75. The van der Waals surface area contributed by atoms with E-state index in [1.165, 1.54) is 6.07 Å². The first-order valence-electron chi connectivity index (χ1n) is 10.7. The highest BCUT2D eigenvalue weighted by molar-refractivity contribution is 14.0. The number of nitrogens with zero attached hydrogens (tertiary/aromatic N) is 3. The molecule has 1 atom stereocenters. The first kappa shape index (κ1) is 25.3. The molecule has 2 saturated heterocycles. The van der Waals surface area contributed by atoms with E-state index in [0.29, 0.717) is 19.8 Å². The van der Waals surface area contributed by atoms with E-state index < -0.39 is 0 Å². The van der Waals surface area contributed by atoms with Gasteiger partial charge in [0, 0.05) is 45.8 Å². The molecule has 7 nitrogen and oxygen atoms in total. The summed E-state index contributed by atoms with van der Waals surface area (Å²) in [5.74, 6) is 0.593. The van der Waals surface area contributed by atoms with Gasteiger partial charge in [-0.3, -0.25) is 14.8 Å². The Morgan fingerprint density at radius 1 is 1.10 bits per heavy atom. The Morgan fingerprint density at radius 3 is 2.47 bits per heavy atom. The van der Waals surface area contributed by atoms with Crippen molar-refractivity contribution in [3.05, 3.63) is 35.6 Å². The Labute approximate surface area is 196 Å². The van der Waals surface area contributed by atoms with Gasteiger partial charge in [-0.15, -0.1) is 24.0 Å². The number of aliphatic imine (C=N–C) groups is 1. The van der Waals surface area contributed by atoms with Crippen LogP contribution < -0.4 is 10.6 Å². The second-order valence-electron chi connectivity index (χ2n) is 7.32. The topological polar surface area (TPSA) is 61.4 Å². The number of halogens is 2. The SMILES string of the molecule is CCNC(=NCC(c1cccc(F)c1)N1CCOCC1)NCCN1CCOCC1.I. The smallest absolute Gasteiger partial charge is 0.191 e. The van der Waals surface area contributed by atoms with Crippen molar-refractivity contribution >= 4 is 29.9 Å². The number of nitrogens with one attached hydrogen (secondary N) is 2. The summed E-state index contributed by atoms with van der Waals surface area (Å²) in [4.78, 5) is 9.55. The molecule has 2 N–H and O–H groups in total. The molecule has 1 unspecified atom stereocenters. The van der Waals surface area contributed by atoms with E-state index in [0.717, 1.165) is 70.6 Å². The Balaban J connectivity index is 0.00000320. The largest absolute Gasteiger partial charge is 0.379 e.